The first-order chi connectivity index (χ1) is 11.5. The van der Waals surface area contributed by atoms with Crippen molar-refractivity contribution in [2.45, 2.75) is 25.9 Å². The molecule has 1 fully saturated rings. The van der Waals surface area contributed by atoms with Crippen LogP contribution in [0.3, 0.4) is 0 Å². The van der Waals surface area contributed by atoms with Gasteiger partial charge in [-0.15, -0.1) is 0 Å². The molecule has 1 atom stereocenters. The number of pyridine rings is 1. The molecule has 2 aromatic rings. The Kier molecular flexibility index (Phi) is 4.66. The van der Waals surface area contributed by atoms with Gasteiger partial charge >= 0.3 is 0 Å². The molecule has 0 saturated carbocycles. The molecule has 3 rings (SSSR count). The molecule has 0 bridgehead atoms. The minimum atomic E-state index is -0.407. The number of nitrogens with zero attached hydrogens (tertiary/aromatic N) is 2. The molecule has 1 aliphatic heterocycles. The number of hydrogen-bond donors (Lipinski definition) is 3. The van der Waals surface area contributed by atoms with E-state index >= 15 is 0 Å². The molecule has 1 unspecified atom stereocenters. The van der Waals surface area contributed by atoms with Crippen LogP contribution in [0.15, 0.2) is 36.4 Å². The third-order valence-electron chi connectivity index (χ3n) is 4.35. The van der Waals surface area contributed by atoms with E-state index in [1.54, 1.807) is 18.2 Å². The van der Waals surface area contributed by atoms with Gasteiger partial charge in [-0.05, 0) is 37.6 Å². The Labute approximate surface area is 141 Å². The number of hydrogen-bond acceptors (Lipinski definition) is 5. The zero-order valence-corrected chi connectivity index (χ0v) is 13.7. The molecular weight excluding hydrogens is 304 g/mol. The minimum Gasteiger partial charge on any atom is -0.506 e. The number of nitrogens with two attached hydrogens (primary N) is 1. The van der Waals surface area contributed by atoms with Crippen LogP contribution in [0.5, 0.6) is 5.75 Å². The second kappa shape index (κ2) is 6.88. The first kappa shape index (κ1) is 16.3. The Bertz CT molecular complexity index is 748. The van der Waals surface area contributed by atoms with E-state index in [-0.39, 0.29) is 11.8 Å². The van der Waals surface area contributed by atoms with Gasteiger partial charge in [-0.3, -0.25) is 9.78 Å². The molecule has 1 aromatic heterocycles. The molecular formula is C18H22N4O2. The lowest BCUT2D eigenvalue weighted by molar-refractivity contribution is 0.100. The molecule has 2 heterocycles. The predicted molar refractivity (Wildman–Crippen MR) is 93.1 cm³/mol. The first-order valence-electron chi connectivity index (χ1n) is 8.07. The summed E-state index contributed by atoms with van der Waals surface area (Å²) in [4.78, 5) is 18.1. The Balaban J connectivity index is 1.64. The number of amides is 1. The highest BCUT2D eigenvalue weighted by Gasteiger charge is 2.25. The summed E-state index contributed by atoms with van der Waals surface area (Å²) in [5.41, 5.74) is 8.44. The number of aryl methyl sites for hydroxylation is 1. The van der Waals surface area contributed by atoms with Crippen LogP contribution in [0.25, 0.3) is 0 Å². The summed E-state index contributed by atoms with van der Waals surface area (Å²) in [6, 6.07) is 11.1. The molecule has 0 aliphatic carbocycles. The summed E-state index contributed by atoms with van der Waals surface area (Å²) in [6.45, 7) is 4.07. The molecule has 1 amide bonds. The Morgan fingerprint density at radius 1 is 1.38 bits per heavy atom. The summed E-state index contributed by atoms with van der Waals surface area (Å²) in [5.74, 6) is -0.196. The van der Waals surface area contributed by atoms with Gasteiger partial charge in [-0.1, -0.05) is 12.1 Å². The summed E-state index contributed by atoms with van der Waals surface area (Å²) in [5, 5.41) is 13.3. The van der Waals surface area contributed by atoms with Crippen LogP contribution in [-0.2, 0) is 6.54 Å². The molecule has 6 nitrogen and oxygen atoms in total. The lowest BCUT2D eigenvalue weighted by Crippen LogP contribution is -2.33. The zero-order valence-electron chi connectivity index (χ0n) is 13.7. The summed E-state index contributed by atoms with van der Waals surface area (Å²) in [6.07, 6.45) is 0.958. The van der Waals surface area contributed by atoms with Crippen LogP contribution in [0.1, 0.15) is 28.2 Å². The van der Waals surface area contributed by atoms with Crippen molar-refractivity contribution >= 4 is 11.6 Å². The highest BCUT2D eigenvalue weighted by atomic mass is 16.3. The van der Waals surface area contributed by atoms with Crippen molar-refractivity contribution in [1.82, 2.24) is 10.3 Å². The zero-order chi connectivity index (χ0) is 17.1. The number of anilines is 1. The van der Waals surface area contributed by atoms with Gasteiger partial charge in [0.1, 0.15) is 5.75 Å². The van der Waals surface area contributed by atoms with Crippen LogP contribution in [0.2, 0.25) is 0 Å². The van der Waals surface area contributed by atoms with E-state index in [9.17, 15) is 9.90 Å². The molecule has 1 saturated heterocycles. The second-order valence-corrected chi connectivity index (χ2v) is 6.11. The smallest absolute Gasteiger partial charge is 0.250 e. The largest absolute Gasteiger partial charge is 0.506 e. The average Bonchev–Trinajstić information content (AvgIpc) is 3.04. The molecule has 0 spiro atoms. The molecule has 1 aromatic carbocycles. The number of rotatable bonds is 5. The van der Waals surface area contributed by atoms with E-state index in [1.165, 1.54) is 0 Å². The highest BCUT2D eigenvalue weighted by molar-refractivity contribution is 5.98. The van der Waals surface area contributed by atoms with Gasteiger partial charge in [0, 0.05) is 37.1 Å². The first-order valence-corrected chi connectivity index (χ1v) is 8.07. The van der Waals surface area contributed by atoms with Crippen molar-refractivity contribution in [2.24, 2.45) is 5.73 Å². The van der Waals surface area contributed by atoms with Crippen molar-refractivity contribution in [3.05, 3.63) is 53.3 Å². The molecule has 24 heavy (non-hydrogen) atoms. The fraction of sp³-hybridized carbons (Fsp3) is 0.333. The monoisotopic (exact) mass is 326 g/mol. The maximum Gasteiger partial charge on any atom is 0.250 e. The molecule has 0 radical (unpaired) electrons. The standard InChI is InChI=1S/C18H22N4O2/c1-12-6-7-17(23)15(21-12)10-20-13-8-9-22(11-13)16-5-3-2-4-14(16)18(19)24/h2-7,13,20,23H,8-11H2,1H3,(H2,19,24). The number of aromatic hydroxyl groups is 1. The summed E-state index contributed by atoms with van der Waals surface area (Å²) < 4.78 is 0. The van der Waals surface area contributed by atoms with Gasteiger partial charge in [-0.25, -0.2) is 0 Å². The second-order valence-electron chi connectivity index (χ2n) is 6.11. The van der Waals surface area contributed by atoms with Crippen LogP contribution in [0.4, 0.5) is 5.69 Å². The number of benzene rings is 1. The molecule has 126 valence electrons. The van der Waals surface area contributed by atoms with Gasteiger partial charge in [0.2, 0.25) is 0 Å². The van der Waals surface area contributed by atoms with Crippen LogP contribution < -0.4 is 16.0 Å². The van der Waals surface area contributed by atoms with Crippen molar-refractivity contribution in [3.63, 3.8) is 0 Å². The summed E-state index contributed by atoms with van der Waals surface area (Å²) in [7, 11) is 0. The molecule has 1 aliphatic rings. The number of carbonyl (C=O) groups excluding carboxylic acids is 1. The Morgan fingerprint density at radius 3 is 2.96 bits per heavy atom. The van der Waals surface area contributed by atoms with Crippen LogP contribution >= 0.6 is 0 Å². The maximum absolute atomic E-state index is 11.6. The number of para-hydroxylation sites is 1. The van der Waals surface area contributed by atoms with E-state index in [2.05, 4.69) is 15.2 Å². The van der Waals surface area contributed by atoms with Gasteiger partial charge in [0.05, 0.1) is 11.3 Å². The number of carbonyl (C=O) groups is 1. The Hall–Kier alpha value is -2.60. The van der Waals surface area contributed by atoms with Crippen molar-refractivity contribution in [3.8, 4) is 5.75 Å². The fourth-order valence-corrected chi connectivity index (χ4v) is 3.08. The van der Waals surface area contributed by atoms with Crippen LogP contribution in [0, 0.1) is 6.92 Å². The third kappa shape index (κ3) is 3.49. The number of aromatic nitrogens is 1. The number of nitrogens with one attached hydrogen (secondary N) is 1. The van der Waals surface area contributed by atoms with E-state index in [1.807, 2.05) is 25.1 Å². The van der Waals surface area contributed by atoms with Gasteiger partial charge in [0.15, 0.2) is 0 Å². The van der Waals surface area contributed by atoms with Crippen LogP contribution in [-0.4, -0.2) is 35.1 Å². The topological polar surface area (TPSA) is 91.5 Å². The lowest BCUT2D eigenvalue weighted by Gasteiger charge is -2.21. The van der Waals surface area contributed by atoms with E-state index in [4.69, 9.17) is 5.73 Å². The van der Waals surface area contributed by atoms with Crippen molar-refractivity contribution < 1.29 is 9.90 Å². The van der Waals surface area contributed by atoms with Crippen molar-refractivity contribution in [1.29, 1.82) is 0 Å². The fourth-order valence-electron chi connectivity index (χ4n) is 3.08. The normalized spacial score (nSPS) is 17.2. The number of primary amides is 1. The molecule has 4 N–H and O–H groups in total. The van der Waals surface area contributed by atoms with E-state index in [0.29, 0.717) is 17.8 Å². The van der Waals surface area contributed by atoms with Crippen molar-refractivity contribution in [2.75, 3.05) is 18.0 Å². The van der Waals surface area contributed by atoms with Gasteiger partial charge in [0.25, 0.3) is 5.91 Å². The molecule has 6 heteroatoms. The Morgan fingerprint density at radius 2 is 2.17 bits per heavy atom. The minimum absolute atomic E-state index is 0.210. The SMILES string of the molecule is Cc1ccc(O)c(CNC2CCN(c3ccccc3C(N)=O)C2)n1. The maximum atomic E-state index is 11.6. The van der Waals surface area contributed by atoms with E-state index in [0.717, 1.165) is 30.9 Å². The van der Waals surface area contributed by atoms with E-state index < -0.39 is 5.91 Å². The van der Waals surface area contributed by atoms with Gasteiger partial charge < -0.3 is 21.1 Å². The summed E-state index contributed by atoms with van der Waals surface area (Å²) >= 11 is 0. The highest BCUT2D eigenvalue weighted by Crippen LogP contribution is 2.24. The quantitative estimate of drug-likeness (QED) is 0.776. The van der Waals surface area contributed by atoms with Gasteiger partial charge in [-0.2, -0.15) is 0 Å². The average molecular weight is 326 g/mol. The predicted octanol–water partition coefficient (Wildman–Crippen LogP) is 1.56. The lowest BCUT2D eigenvalue weighted by atomic mass is 10.1. The third-order valence-corrected chi connectivity index (χ3v) is 4.35.